The van der Waals surface area contributed by atoms with Crippen molar-refractivity contribution in [3.8, 4) is 5.88 Å². The van der Waals surface area contributed by atoms with Gasteiger partial charge in [0.1, 0.15) is 5.84 Å². The van der Waals surface area contributed by atoms with Gasteiger partial charge in [-0.15, -0.1) is 0 Å². The lowest BCUT2D eigenvalue weighted by Crippen LogP contribution is -2.17. The summed E-state index contributed by atoms with van der Waals surface area (Å²) in [5.41, 5.74) is 6.99. The number of aryl methyl sites for hydroxylation is 1. The highest BCUT2D eigenvalue weighted by Gasteiger charge is 2.11. The summed E-state index contributed by atoms with van der Waals surface area (Å²) in [6.45, 7) is 6.59. The Bertz CT molecular complexity index is 361. The van der Waals surface area contributed by atoms with Gasteiger partial charge >= 0.3 is 0 Å². The fourth-order valence-electron chi connectivity index (χ4n) is 1.22. The number of hydrogen-bond donors (Lipinski definition) is 2. The van der Waals surface area contributed by atoms with Gasteiger partial charge in [0.15, 0.2) is 0 Å². The minimum absolute atomic E-state index is 0.000596. The molecular weight excluding hydrogens is 190 g/mol. The van der Waals surface area contributed by atoms with Crippen LogP contribution < -0.4 is 10.5 Å². The molecule has 0 bridgehead atoms. The molecule has 1 rings (SSSR count). The van der Waals surface area contributed by atoms with E-state index in [1.54, 1.807) is 6.20 Å². The highest BCUT2D eigenvalue weighted by Crippen LogP contribution is 2.18. The third kappa shape index (κ3) is 2.94. The number of hydrogen-bond acceptors (Lipinski definition) is 3. The molecule has 0 radical (unpaired) electrons. The predicted octanol–water partition coefficient (Wildman–Crippen LogP) is 1.71. The standard InChI is InChI=1S/C11H17N3O/c1-7(2)6-15-11-9(10(12)13)8(3)4-5-14-11/h4-5,7H,6H2,1-3H3,(H3,12,13). The molecule has 0 atom stereocenters. The minimum atomic E-state index is -0.000596. The first kappa shape index (κ1) is 11.5. The van der Waals surface area contributed by atoms with Crippen molar-refractivity contribution in [2.45, 2.75) is 20.8 Å². The molecule has 82 valence electrons. The molecule has 1 aromatic heterocycles. The van der Waals surface area contributed by atoms with Crippen molar-refractivity contribution in [1.29, 1.82) is 5.41 Å². The van der Waals surface area contributed by atoms with Gasteiger partial charge in [0.25, 0.3) is 0 Å². The molecule has 1 heterocycles. The maximum Gasteiger partial charge on any atom is 0.224 e. The lowest BCUT2D eigenvalue weighted by molar-refractivity contribution is 0.260. The summed E-state index contributed by atoms with van der Waals surface area (Å²) < 4.78 is 5.51. The quantitative estimate of drug-likeness (QED) is 0.583. The van der Waals surface area contributed by atoms with Crippen LogP contribution in [0.15, 0.2) is 12.3 Å². The molecule has 4 nitrogen and oxygen atoms in total. The van der Waals surface area contributed by atoms with Gasteiger partial charge < -0.3 is 10.5 Å². The second kappa shape index (κ2) is 4.77. The predicted molar refractivity (Wildman–Crippen MR) is 60.3 cm³/mol. The third-order valence-electron chi connectivity index (χ3n) is 1.95. The van der Waals surface area contributed by atoms with Gasteiger partial charge in [-0.05, 0) is 24.5 Å². The monoisotopic (exact) mass is 207 g/mol. The topological polar surface area (TPSA) is 72.0 Å². The van der Waals surface area contributed by atoms with E-state index in [1.165, 1.54) is 0 Å². The minimum Gasteiger partial charge on any atom is -0.477 e. The van der Waals surface area contributed by atoms with Gasteiger partial charge in [-0.3, -0.25) is 5.41 Å². The van der Waals surface area contributed by atoms with Gasteiger partial charge in [0.2, 0.25) is 5.88 Å². The smallest absolute Gasteiger partial charge is 0.224 e. The van der Waals surface area contributed by atoms with Crippen molar-refractivity contribution in [3.63, 3.8) is 0 Å². The lowest BCUT2D eigenvalue weighted by Gasteiger charge is -2.12. The van der Waals surface area contributed by atoms with E-state index >= 15 is 0 Å². The normalized spacial score (nSPS) is 10.4. The summed E-state index contributed by atoms with van der Waals surface area (Å²) >= 11 is 0. The molecule has 0 unspecified atom stereocenters. The van der Waals surface area contributed by atoms with Crippen LogP contribution >= 0.6 is 0 Å². The number of nitrogens with one attached hydrogen (secondary N) is 1. The molecule has 0 aliphatic rings. The molecule has 15 heavy (non-hydrogen) atoms. The molecule has 0 spiro atoms. The second-order valence-corrected chi connectivity index (χ2v) is 3.93. The fourth-order valence-corrected chi connectivity index (χ4v) is 1.22. The highest BCUT2D eigenvalue weighted by molar-refractivity contribution is 5.98. The molecular formula is C11H17N3O. The number of amidine groups is 1. The fraction of sp³-hybridized carbons (Fsp3) is 0.455. The van der Waals surface area contributed by atoms with E-state index in [4.69, 9.17) is 15.9 Å². The second-order valence-electron chi connectivity index (χ2n) is 3.93. The van der Waals surface area contributed by atoms with Crippen molar-refractivity contribution in [2.24, 2.45) is 11.7 Å². The van der Waals surface area contributed by atoms with Crippen LogP contribution in [0.4, 0.5) is 0 Å². The maximum absolute atomic E-state index is 7.46. The maximum atomic E-state index is 7.46. The largest absolute Gasteiger partial charge is 0.477 e. The number of nitrogen functional groups attached to an aromatic ring is 1. The van der Waals surface area contributed by atoms with Gasteiger partial charge in [-0.2, -0.15) is 0 Å². The van der Waals surface area contributed by atoms with Crippen molar-refractivity contribution in [1.82, 2.24) is 4.98 Å². The number of pyridine rings is 1. The summed E-state index contributed by atoms with van der Waals surface area (Å²) in [5.74, 6) is 0.877. The van der Waals surface area contributed by atoms with E-state index in [0.29, 0.717) is 24.0 Å². The number of nitrogens with zero attached hydrogens (tertiary/aromatic N) is 1. The first-order valence-corrected chi connectivity index (χ1v) is 4.95. The highest BCUT2D eigenvalue weighted by atomic mass is 16.5. The molecule has 4 heteroatoms. The summed E-state index contributed by atoms with van der Waals surface area (Å²) in [7, 11) is 0. The molecule has 0 aliphatic carbocycles. The Labute approximate surface area is 90.0 Å². The number of aromatic nitrogens is 1. The first-order valence-electron chi connectivity index (χ1n) is 4.95. The molecule has 0 amide bonds. The van der Waals surface area contributed by atoms with Gasteiger partial charge in [0, 0.05) is 6.20 Å². The van der Waals surface area contributed by atoms with Gasteiger partial charge in [0.05, 0.1) is 12.2 Å². The van der Waals surface area contributed by atoms with E-state index in [9.17, 15) is 0 Å². The molecule has 0 saturated carbocycles. The van der Waals surface area contributed by atoms with Crippen molar-refractivity contribution in [3.05, 3.63) is 23.4 Å². The van der Waals surface area contributed by atoms with Crippen LogP contribution in [0.5, 0.6) is 5.88 Å². The Hall–Kier alpha value is -1.58. The van der Waals surface area contributed by atoms with Gasteiger partial charge in [-0.25, -0.2) is 4.98 Å². The Kier molecular flexibility index (Phi) is 3.66. The van der Waals surface area contributed by atoms with Crippen LogP contribution in [-0.2, 0) is 0 Å². The molecule has 1 aromatic rings. The van der Waals surface area contributed by atoms with Crippen LogP contribution in [-0.4, -0.2) is 17.4 Å². The first-order chi connectivity index (χ1) is 7.02. The summed E-state index contributed by atoms with van der Waals surface area (Å²) in [4.78, 5) is 4.09. The SMILES string of the molecule is Cc1ccnc(OCC(C)C)c1C(=N)N. The Balaban J connectivity index is 2.96. The molecule has 3 N–H and O–H groups in total. The van der Waals surface area contributed by atoms with Crippen molar-refractivity contribution < 1.29 is 4.74 Å². The molecule has 0 aromatic carbocycles. The molecule has 0 aliphatic heterocycles. The van der Waals surface area contributed by atoms with Crippen LogP contribution in [0.2, 0.25) is 0 Å². The van der Waals surface area contributed by atoms with E-state index in [2.05, 4.69) is 18.8 Å². The third-order valence-corrected chi connectivity index (χ3v) is 1.95. The zero-order valence-corrected chi connectivity index (χ0v) is 9.37. The van der Waals surface area contributed by atoms with Crippen molar-refractivity contribution >= 4 is 5.84 Å². The van der Waals surface area contributed by atoms with E-state index < -0.39 is 0 Å². The summed E-state index contributed by atoms with van der Waals surface area (Å²) in [5, 5.41) is 7.46. The molecule has 0 fully saturated rings. The van der Waals surface area contributed by atoms with E-state index in [1.807, 2.05) is 13.0 Å². The van der Waals surface area contributed by atoms with Gasteiger partial charge in [-0.1, -0.05) is 13.8 Å². The summed E-state index contributed by atoms with van der Waals surface area (Å²) in [6.07, 6.45) is 1.66. The Morgan fingerprint density at radius 2 is 2.27 bits per heavy atom. The molecule has 0 saturated heterocycles. The summed E-state index contributed by atoms with van der Waals surface area (Å²) in [6, 6.07) is 1.82. The number of ether oxygens (including phenoxy) is 1. The number of nitrogens with two attached hydrogens (primary N) is 1. The average Bonchev–Trinajstić information content (AvgIpc) is 2.13. The average molecular weight is 207 g/mol. The number of rotatable bonds is 4. The van der Waals surface area contributed by atoms with Crippen LogP contribution in [0.3, 0.4) is 0 Å². The Morgan fingerprint density at radius 1 is 1.60 bits per heavy atom. The van der Waals surface area contributed by atoms with Crippen LogP contribution in [0, 0.1) is 18.3 Å². The van der Waals surface area contributed by atoms with Crippen molar-refractivity contribution in [2.75, 3.05) is 6.61 Å². The van der Waals surface area contributed by atoms with E-state index in [0.717, 1.165) is 5.56 Å². The lowest BCUT2D eigenvalue weighted by atomic mass is 10.1. The van der Waals surface area contributed by atoms with Crippen LogP contribution in [0.25, 0.3) is 0 Å². The van der Waals surface area contributed by atoms with Crippen LogP contribution in [0.1, 0.15) is 25.0 Å². The van der Waals surface area contributed by atoms with E-state index in [-0.39, 0.29) is 5.84 Å². The zero-order valence-electron chi connectivity index (χ0n) is 9.37. The zero-order chi connectivity index (χ0) is 11.4. The Morgan fingerprint density at radius 3 is 2.80 bits per heavy atom.